The van der Waals surface area contributed by atoms with Crippen LogP contribution in [-0.2, 0) is 11.2 Å². The van der Waals surface area contributed by atoms with E-state index >= 15 is 0 Å². The van der Waals surface area contributed by atoms with Crippen molar-refractivity contribution >= 4 is 28.9 Å². The number of aliphatic hydroxyl groups excluding tert-OH is 1. The van der Waals surface area contributed by atoms with Gasteiger partial charge in [0.1, 0.15) is 0 Å². The molecule has 202 valence electrons. The lowest BCUT2D eigenvalue weighted by atomic mass is 9.93. The van der Waals surface area contributed by atoms with Crippen molar-refractivity contribution in [2.75, 3.05) is 13.2 Å². The molecule has 0 saturated heterocycles. The van der Waals surface area contributed by atoms with Crippen LogP contribution in [0.2, 0.25) is 0 Å². The molecule has 0 aliphatic carbocycles. The minimum absolute atomic E-state index is 0.185. The first-order valence-corrected chi connectivity index (χ1v) is 13.3. The van der Waals surface area contributed by atoms with Crippen LogP contribution < -0.4 is 5.32 Å². The first-order valence-electron chi connectivity index (χ1n) is 13.3. The number of carboxylic acids is 1. The van der Waals surface area contributed by atoms with Crippen LogP contribution in [0.15, 0.2) is 91.0 Å². The number of β-amino-alcohol motifs (C(OH)–C–C–N with tert-alkyl or cyclic N) is 1. The summed E-state index contributed by atoms with van der Waals surface area (Å²) in [5.74, 6) is -0.937. The van der Waals surface area contributed by atoms with Crippen molar-refractivity contribution in [2.24, 2.45) is 0 Å². The molecule has 0 aromatic heterocycles. The summed E-state index contributed by atoms with van der Waals surface area (Å²) in [5.41, 5.74) is 4.28. The first kappa shape index (κ1) is 28.2. The summed E-state index contributed by atoms with van der Waals surface area (Å²) >= 11 is 0. The number of hydrogen-bond acceptors (Lipinski definition) is 4. The summed E-state index contributed by atoms with van der Waals surface area (Å²) < 4.78 is 6.07. The third kappa shape index (κ3) is 8.11. The number of aromatic carboxylic acids is 1. The van der Waals surface area contributed by atoms with Crippen LogP contribution >= 0.6 is 0 Å². The lowest BCUT2D eigenvalue weighted by Gasteiger charge is -2.28. The van der Waals surface area contributed by atoms with E-state index < -0.39 is 12.1 Å². The third-order valence-corrected chi connectivity index (χ3v) is 6.86. The van der Waals surface area contributed by atoms with Crippen LogP contribution in [0.3, 0.4) is 0 Å². The van der Waals surface area contributed by atoms with E-state index in [1.807, 2.05) is 43.3 Å². The van der Waals surface area contributed by atoms with E-state index in [9.17, 15) is 9.90 Å². The Hall–Kier alpha value is -3.77. The first-order chi connectivity index (χ1) is 18.7. The highest BCUT2D eigenvalue weighted by Crippen LogP contribution is 2.24. The summed E-state index contributed by atoms with van der Waals surface area (Å²) in [5, 5.41) is 25.7. The zero-order chi connectivity index (χ0) is 27.8. The average molecular weight is 524 g/mol. The van der Waals surface area contributed by atoms with E-state index in [2.05, 4.69) is 61.6 Å². The maximum absolute atomic E-state index is 11.1. The van der Waals surface area contributed by atoms with Gasteiger partial charge in [-0.15, -0.1) is 0 Å². The van der Waals surface area contributed by atoms with Crippen molar-refractivity contribution in [3.05, 3.63) is 119 Å². The fourth-order valence-corrected chi connectivity index (χ4v) is 4.68. The van der Waals surface area contributed by atoms with Gasteiger partial charge in [0.2, 0.25) is 0 Å². The molecule has 0 fully saturated rings. The highest BCUT2D eigenvalue weighted by atomic mass is 16.5. The molecule has 0 aliphatic heterocycles. The van der Waals surface area contributed by atoms with Crippen LogP contribution in [0.1, 0.15) is 59.5 Å². The average Bonchev–Trinajstić information content (AvgIpc) is 2.94. The van der Waals surface area contributed by atoms with E-state index in [-0.39, 0.29) is 23.8 Å². The zero-order valence-corrected chi connectivity index (χ0v) is 22.8. The number of carbonyl (C=O) groups is 1. The summed E-state index contributed by atoms with van der Waals surface area (Å²) in [4.78, 5) is 11.1. The van der Waals surface area contributed by atoms with Gasteiger partial charge in [-0.2, -0.15) is 0 Å². The van der Waals surface area contributed by atoms with E-state index in [0.29, 0.717) is 6.54 Å². The SMILES string of the molecule is CC(OC[C@H](O)CNC(C)(C)Cc1ccc2ccccc2c1)c1ccccc1/C=C/c1ccc(C(=O)O)cc1. The maximum Gasteiger partial charge on any atom is 0.335 e. The fraction of sp³-hybridized carbons (Fsp3) is 0.265. The van der Waals surface area contributed by atoms with Gasteiger partial charge in [-0.25, -0.2) is 4.79 Å². The van der Waals surface area contributed by atoms with Gasteiger partial charge in [0.25, 0.3) is 0 Å². The Bertz CT molecular complexity index is 1420. The highest BCUT2D eigenvalue weighted by Gasteiger charge is 2.20. The monoisotopic (exact) mass is 523 g/mol. The number of nitrogens with one attached hydrogen (secondary N) is 1. The second-order valence-corrected chi connectivity index (χ2v) is 10.6. The molecule has 0 heterocycles. The maximum atomic E-state index is 11.1. The Morgan fingerprint density at radius 3 is 2.36 bits per heavy atom. The Morgan fingerprint density at radius 2 is 1.62 bits per heavy atom. The molecular weight excluding hydrogens is 486 g/mol. The molecule has 0 bridgehead atoms. The molecule has 0 saturated carbocycles. The molecule has 4 aromatic rings. The molecule has 39 heavy (non-hydrogen) atoms. The number of benzene rings is 4. The smallest absolute Gasteiger partial charge is 0.335 e. The summed E-state index contributed by atoms with van der Waals surface area (Å²) in [6, 6.07) is 29.7. The predicted molar refractivity (Wildman–Crippen MR) is 159 cm³/mol. The number of hydrogen-bond donors (Lipinski definition) is 3. The zero-order valence-electron chi connectivity index (χ0n) is 22.8. The molecule has 2 atom stereocenters. The largest absolute Gasteiger partial charge is 0.478 e. The van der Waals surface area contributed by atoms with Gasteiger partial charge in [-0.3, -0.25) is 0 Å². The summed E-state index contributed by atoms with van der Waals surface area (Å²) in [6.07, 6.45) is 3.95. The lowest BCUT2D eigenvalue weighted by molar-refractivity contribution is -0.00424. The van der Waals surface area contributed by atoms with Gasteiger partial charge in [0.05, 0.1) is 24.4 Å². The Labute approximate surface area is 230 Å². The quantitative estimate of drug-likeness (QED) is 0.179. The Balaban J connectivity index is 1.29. The van der Waals surface area contributed by atoms with Gasteiger partial charge < -0.3 is 20.3 Å². The van der Waals surface area contributed by atoms with Crippen LogP contribution in [0, 0.1) is 0 Å². The van der Waals surface area contributed by atoms with Crippen molar-refractivity contribution < 1.29 is 19.7 Å². The number of aliphatic hydroxyl groups is 1. The molecule has 5 heteroatoms. The molecule has 0 spiro atoms. The van der Waals surface area contributed by atoms with Gasteiger partial charge in [-0.05, 0) is 72.4 Å². The van der Waals surface area contributed by atoms with Gasteiger partial charge in [0, 0.05) is 12.1 Å². The second-order valence-electron chi connectivity index (χ2n) is 10.6. The molecule has 3 N–H and O–H groups in total. The summed E-state index contributed by atoms with van der Waals surface area (Å²) in [7, 11) is 0. The topological polar surface area (TPSA) is 78.8 Å². The van der Waals surface area contributed by atoms with Crippen LogP contribution in [0.25, 0.3) is 22.9 Å². The molecule has 0 aliphatic rings. The molecule has 5 nitrogen and oxygen atoms in total. The second kappa shape index (κ2) is 12.9. The molecule has 4 rings (SSSR count). The third-order valence-electron chi connectivity index (χ3n) is 6.86. The normalized spacial score (nSPS) is 13.5. The van der Waals surface area contributed by atoms with Crippen molar-refractivity contribution in [3.8, 4) is 0 Å². The molecule has 0 amide bonds. The van der Waals surface area contributed by atoms with E-state index in [1.54, 1.807) is 24.3 Å². The van der Waals surface area contributed by atoms with Crippen LogP contribution in [0.4, 0.5) is 0 Å². The van der Waals surface area contributed by atoms with Crippen molar-refractivity contribution in [1.82, 2.24) is 5.32 Å². The minimum Gasteiger partial charge on any atom is -0.478 e. The van der Waals surface area contributed by atoms with Crippen molar-refractivity contribution in [1.29, 1.82) is 0 Å². The number of fused-ring (bicyclic) bond motifs is 1. The van der Waals surface area contributed by atoms with Gasteiger partial charge >= 0.3 is 5.97 Å². The highest BCUT2D eigenvalue weighted by molar-refractivity contribution is 5.88. The predicted octanol–water partition coefficient (Wildman–Crippen LogP) is 6.76. The van der Waals surface area contributed by atoms with E-state index in [1.165, 1.54) is 16.3 Å². The molecule has 4 aromatic carbocycles. The van der Waals surface area contributed by atoms with Crippen LogP contribution in [-0.4, -0.2) is 41.0 Å². The lowest BCUT2D eigenvalue weighted by Crippen LogP contribution is -2.46. The van der Waals surface area contributed by atoms with Crippen LogP contribution in [0.5, 0.6) is 0 Å². The Kier molecular flexibility index (Phi) is 9.31. The van der Waals surface area contributed by atoms with Gasteiger partial charge in [0.15, 0.2) is 0 Å². The molecular formula is C34H37NO4. The standard InChI is InChI=1S/C34H37NO4/c1-24(32-11-7-6-9-28(32)17-12-25-13-18-29(19-14-25)33(37)38)39-23-31(36)22-35-34(2,3)21-26-15-16-27-8-4-5-10-30(27)20-26/h4-20,24,31,35-36H,21-23H2,1-3H3,(H,37,38)/b17-12+/t24?,31-/m1/s1. The molecule has 0 radical (unpaired) electrons. The van der Waals surface area contributed by atoms with Crippen molar-refractivity contribution in [3.63, 3.8) is 0 Å². The Morgan fingerprint density at radius 1 is 0.923 bits per heavy atom. The van der Waals surface area contributed by atoms with Crippen molar-refractivity contribution in [2.45, 2.75) is 44.9 Å². The number of rotatable bonds is 12. The fourth-order valence-electron chi connectivity index (χ4n) is 4.68. The minimum atomic E-state index is -0.937. The summed E-state index contributed by atoms with van der Waals surface area (Å²) in [6.45, 7) is 6.93. The van der Waals surface area contributed by atoms with Gasteiger partial charge in [-0.1, -0.05) is 91.0 Å². The molecule has 1 unspecified atom stereocenters. The number of ether oxygens (including phenoxy) is 1. The number of carboxylic acid groups (broad SMARTS) is 1. The van der Waals surface area contributed by atoms with E-state index in [4.69, 9.17) is 9.84 Å². The van der Waals surface area contributed by atoms with E-state index in [0.717, 1.165) is 23.1 Å².